The van der Waals surface area contributed by atoms with Crippen LogP contribution in [0.25, 0.3) is 0 Å². The maximum Gasteiger partial charge on any atom is 0.307 e. The molecular formula is C30H32BrN5O5. The lowest BCUT2D eigenvalue weighted by molar-refractivity contribution is -0.153. The number of carboxylic acid groups (broad SMARTS) is 1. The van der Waals surface area contributed by atoms with Crippen LogP contribution >= 0.6 is 15.9 Å². The fourth-order valence-corrected chi connectivity index (χ4v) is 7.12. The highest BCUT2D eigenvalue weighted by Crippen LogP contribution is 2.43. The van der Waals surface area contributed by atoms with Crippen molar-refractivity contribution in [3.8, 4) is 5.75 Å². The number of amides is 2. The van der Waals surface area contributed by atoms with Gasteiger partial charge in [-0.2, -0.15) is 0 Å². The van der Waals surface area contributed by atoms with E-state index in [2.05, 4.69) is 26.2 Å². The molecule has 3 atom stereocenters. The van der Waals surface area contributed by atoms with Gasteiger partial charge in [0, 0.05) is 42.3 Å². The highest BCUT2D eigenvalue weighted by atomic mass is 79.9. The van der Waals surface area contributed by atoms with E-state index < -0.39 is 23.8 Å². The van der Waals surface area contributed by atoms with Gasteiger partial charge < -0.3 is 19.6 Å². The van der Waals surface area contributed by atoms with Crippen molar-refractivity contribution in [1.82, 2.24) is 24.8 Å². The Labute approximate surface area is 246 Å². The molecule has 10 nitrogen and oxygen atoms in total. The predicted molar refractivity (Wildman–Crippen MR) is 152 cm³/mol. The molecule has 11 heteroatoms. The zero-order valence-electron chi connectivity index (χ0n) is 22.8. The van der Waals surface area contributed by atoms with Crippen molar-refractivity contribution in [3.05, 3.63) is 75.0 Å². The van der Waals surface area contributed by atoms with Crippen LogP contribution in [-0.4, -0.2) is 60.8 Å². The lowest BCUT2D eigenvalue weighted by Crippen LogP contribution is -2.50. The molecule has 0 saturated heterocycles. The molecule has 214 valence electrons. The van der Waals surface area contributed by atoms with Crippen molar-refractivity contribution in [1.29, 1.82) is 0 Å². The molecule has 2 aliphatic heterocycles. The number of aromatic nitrogens is 3. The van der Waals surface area contributed by atoms with Gasteiger partial charge in [0.15, 0.2) is 0 Å². The number of nitrogens with zero attached hydrogens (tertiary/aromatic N) is 5. The SMILES string of the molecule is Cn1cc(COc2ccc(Br)c3c2[C@@H](CN2Cc4ccccc4C2=O)N(C(=O)[C@@H]2CCCC[C@@H]2C(=O)O)CC3)nn1. The average Bonchev–Trinajstić information content (AvgIpc) is 3.54. The molecule has 3 aromatic rings. The fraction of sp³-hybridized carbons (Fsp3) is 0.433. The Morgan fingerprint density at radius 2 is 1.90 bits per heavy atom. The lowest BCUT2D eigenvalue weighted by Gasteiger charge is -2.43. The maximum atomic E-state index is 14.2. The fourth-order valence-electron chi connectivity index (χ4n) is 6.58. The van der Waals surface area contributed by atoms with Crippen LogP contribution in [0.3, 0.4) is 0 Å². The van der Waals surface area contributed by atoms with E-state index in [1.165, 1.54) is 0 Å². The number of ether oxygens (including phenoxy) is 1. The molecule has 0 bridgehead atoms. The van der Waals surface area contributed by atoms with E-state index in [-0.39, 0.29) is 25.0 Å². The number of fused-ring (bicyclic) bond motifs is 2. The minimum absolute atomic E-state index is 0.0711. The van der Waals surface area contributed by atoms with Gasteiger partial charge in [-0.05, 0) is 48.6 Å². The molecule has 41 heavy (non-hydrogen) atoms. The smallest absolute Gasteiger partial charge is 0.307 e. The number of hydrogen-bond donors (Lipinski definition) is 1. The number of aryl methyl sites for hydroxylation is 1. The zero-order valence-corrected chi connectivity index (χ0v) is 24.4. The maximum absolute atomic E-state index is 14.2. The molecule has 3 aliphatic rings. The van der Waals surface area contributed by atoms with Gasteiger partial charge in [-0.1, -0.05) is 52.2 Å². The molecule has 6 rings (SSSR count). The van der Waals surface area contributed by atoms with Crippen molar-refractivity contribution >= 4 is 33.7 Å². The second-order valence-corrected chi connectivity index (χ2v) is 11.9. The van der Waals surface area contributed by atoms with E-state index >= 15 is 0 Å². The van der Waals surface area contributed by atoms with Crippen LogP contribution in [0.4, 0.5) is 0 Å². The summed E-state index contributed by atoms with van der Waals surface area (Å²) in [5, 5.41) is 18.1. The molecule has 0 spiro atoms. The third-order valence-corrected chi connectivity index (χ3v) is 9.31. The molecule has 1 N–H and O–H groups in total. The second-order valence-electron chi connectivity index (χ2n) is 11.1. The highest BCUT2D eigenvalue weighted by Gasteiger charge is 2.44. The Hall–Kier alpha value is -3.73. The minimum Gasteiger partial charge on any atom is -0.487 e. The zero-order chi connectivity index (χ0) is 28.7. The Balaban J connectivity index is 1.38. The molecule has 1 fully saturated rings. The molecule has 3 heterocycles. The number of rotatable bonds is 7. The molecule has 1 aromatic heterocycles. The number of benzene rings is 2. The normalized spacial score (nSPS) is 21.9. The molecule has 1 aliphatic carbocycles. The van der Waals surface area contributed by atoms with Crippen molar-refractivity contribution in [2.24, 2.45) is 18.9 Å². The van der Waals surface area contributed by atoms with Crippen LogP contribution in [-0.2, 0) is 36.2 Å². The minimum atomic E-state index is -0.919. The standard InChI is InChI=1S/C30H32BrN5O5/c1-34-15-19(32-33-34)17-41-26-11-10-24(31)23-12-13-36(29(38)21-8-4-5-9-22(21)30(39)40)25(27(23)26)16-35-14-18-6-2-3-7-20(18)28(35)37/h2-3,6-7,10-11,15,21-22,25H,4-5,8-9,12-14,16-17H2,1H3,(H,39,40)/t21-,22+,25-/m1/s1. The number of hydrogen-bond acceptors (Lipinski definition) is 6. The Morgan fingerprint density at radius 3 is 2.63 bits per heavy atom. The van der Waals surface area contributed by atoms with Crippen molar-refractivity contribution in [2.75, 3.05) is 13.1 Å². The van der Waals surface area contributed by atoms with E-state index in [4.69, 9.17) is 4.74 Å². The average molecular weight is 623 g/mol. The van der Waals surface area contributed by atoms with E-state index in [0.29, 0.717) is 49.4 Å². The van der Waals surface area contributed by atoms with Crippen LogP contribution in [0.2, 0.25) is 0 Å². The molecule has 2 aromatic carbocycles. The Bertz CT molecular complexity index is 1510. The number of aliphatic carboxylic acids is 1. The summed E-state index contributed by atoms with van der Waals surface area (Å²) in [6, 6.07) is 10.9. The van der Waals surface area contributed by atoms with Crippen LogP contribution < -0.4 is 4.74 Å². The second kappa shape index (κ2) is 11.3. The Kier molecular flexibility index (Phi) is 7.54. The first-order chi connectivity index (χ1) is 19.8. The van der Waals surface area contributed by atoms with Crippen molar-refractivity contribution < 1.29 is 24.2 Å². The van der Waals surface area contributed by atoms with Gasteiger partial charge >= 0.3 is 5.97 Å². The van der Waals surface area contributed by atoms with Gasteiger partial charge in [0.05, 0.1) is 24.1 Å². The van der Waals surface area contributed by atoms with Gasteiger partial charge in [-0.3, -0.25) is 19.1 Å². The van der Waals surface area contributed by atoms with E-state index in [0.717, 1.165) is 34.0 Å². The largest absolute Gasteiger partial charge is 0.487 e. The van der Waals surface area contributed by atoms with Crippen LogP contribution in [0.15, 0.2) is 47.1 Å². The van der Waals surface area contributed by atoms with Crippen molar-refractivity contribution in [2.45, 2.75) is 51.3 Å². The number of carbonyl (C=O) groups excluding carboxylic acids is 2. The molecule has 0 radical (unpaired) electrons. The first-order valence-corrected chi connectivity index (χ1v) is 14.8. The first-order valence-electron chi connectivity index (χ1n) is 14.0. The summed E-state index contributed by atoms with van der Waals surface area (Å²) in [5.74, 6) is -1.83. The summed E-state index contributed by atoms with van der Waals surface area (Å²) >= 11 is 3.71. The summed E-state index contributed by atoms with van der Waals surface area (Å²) in [6.07, 6.45) is 5.05. The monoisotopic (exact) mass is 621 g/mol. The third-order valence-electron chi connectivity index (χ3n) is 8.57. The lowest BCUT2D eigenvalue weighted by atomic mass is 9.77. The van der Waals surface area contributed by atoms with Crippen LogP contribution in [0.1, 0.15) is 64.5 Å². The Morgan fingerprint density at radius 1 is 1.12 bits per heavy atom. The number of carbonyl (C=O) groups is 3. The van der Waals surface area contributed by atoms with Gasteiger partial charge in [-0.15, -0.1) is 5.10 Å². The molecular weight excluding hydrogens is 590 g/mol. The highest BCUT2D eigenvalue weighted by molar-refractivity contribution is 9.10. The molecule has 2 amide bonds. The topological polar surface area (TPSA) is 118 Å². The van der Waals surface area contributed by atoms with E-state index in [1.807, 2.05) is 41.3 Å². The van der Waals surface area contributed by atoms with E-state index in [1.54, 1.807) is 22.8 Å². The van der Waals surface area contributed by atoms with Crippen LogP contribution in [0, 0.1) is 11.8 Å². The summed E-state index contributed by atoms with van der Waals surface area (Å²) in [5.41, 5.74) is 4.17. The summed E-state index contributed by atoms with van der Waals surface area (Å²) in [6.45, 7) is 1.35. The quantitative estimate of drug-likeness (QED) is 0.421. The number of halogens is 1. The summed E-state index contributed by atoms with van der Waals surface area (Å²) in [7, 11) is 1.79. The van der Waals surface area contributed by atoms with Crippen molar-refractivity contribution in [3.63, 3.8) is 0 Å². The van der Waals surface area contributed by atoms with Crippen LogP contribution in [0.5, 0.6) is 5.75 Å². The third kappa shape index (κ3) is 5.23. The van der Waals surface area contributed by atoms with Gasteiger partial charge in [-0.25, -0.2) is 0 Å². The number of carboxylic acids is 1. The summed E-state index contributed by atoms with van der Waals surface area (Å²) in [4.78, 5) is 43.4. The predicted octanol–water partition coefficient (Wildman–Crippen LogP) is 4.13. The first kappa shape index (κ1) is 27.4. The molecule has 1 saturated carbocycles. The van der Waals surface area contributed by atoms with Gasteiger partial charge in [0.2, 0.25) is 5.91 Å². The van der Waals surface area contributed by atoms with E-state index in [9.17, 15) is 19.5 Å². The van der Waals surface area contributed by atoms with Gasteiger partial charge in [0.1, 0.15) is 18.1 Å². The molecule has 0 unspecified atom stereocenters. The summed E-state index contributed by atoms with van der Waals surface area (Å²) < 4.78 is 8.82. The van der Waals surface area contributed by atoms with Gasteiger partial charge in [0.25, 0.3) is 5.91 Å².